The van der Waals surface area contributed by atoms with Crippen LogP contribution in [0.25, 0.3) is 5.69 Å². The molecule has 2 amide bonds. The molecule has 0 saturated heterocycles. The maximum Gasteiger partial charge on any atom is 0.317 e. The summed E-state index contributed by atoms with van der Waals surface area (Å²) < 4.78 is 15.3. The Labute approximate surface area is 157 Å². The minimum atomic E-state index is -0.249. The second-order valence-electron chi connectivity index (χ2n) is 6.29. The van der Waals surface area contributed by atoms with Crippen molar-refractivity contribution in [3.8, 4) is 5.69 Å². The van der Waals surface area contributed by atoms with E-state index in [9.17, 15) is 9.18 Å². The molecule has 140 valence electrons. The molecule has 0 spiro atoms. The number of nitrogens with zero attached hydrogens (tertiary/aromatic N) is 4. The molecule has 3 rings (SSSR count). The van der Waals surface area contributed by atoms with Crippen LogP contribution in [-0.4, -0.2) is 39.3 Å². The number of aromatic nitrogens is 3. The molecule has 0 radical (unpaired) electrons. The van der Waals surface area contributed by atoms with Crippen LogP contribution in [0.5, 0.6) is 0 Å². The maximum atomic E-state index is 13.6. The third-order valence-electron chi connectivity index (χ3n) is 4.59. The molecule has 1 heterocycles. The van der Waals surface area contributed by atoms with Crippen molar-refractivity contribution >= 4 is 6.03 Å². The molecule has 0 bridgehead atoms. The third kappa shape index (κ3) is 4.49. The van der Waals surface area contributed by atoms with Gasteiger partial charge in [0.1, 0.15) is 18.5 Å². The molecule has 6 nitrogen and oxygen atoms in total. The van der Waals surface area contributed by atoms with Gasteiger partial charge in [0.2, 0.25) is 0 Å². The van der Waals surface area contributed by atoms with Crippen LogP contribution >= 0.6 is 0 Å². The van der Waals surface area contributed by atoms with Crippen LogP contribution in [0, 0.1) is 5.82 Å². The molecule has 1 unspecified atom stereocenters. The zero-order valence-electron chi connectivity index (χ0n) is 15.3. The molecule has 1 aromatic heterocycles. The average molecular weight is 367 g/mol. The van der Waals surface area contributed by atoms with Crippen LogP contribution in [0.2, 0.25) is 0 Å². The van der Waals surface area contributed by atoms with Crippen LogP contribution < -0.4 is 5.32 Å². The van der Waals surface area contributed by atoms with E-state index in [1.54, 1.807) is 41.2 Å². The Morgan fingerprint density at radius 3 is 2.63 bits per heavy atom. The zero-order chi connectivity index (χ0) is 19.2. The first kappa shape index (κ1) is 18.6. The summed E-state index contributed by atoms with van der Waals surface area (Å²) in [5.41, 5.74) is 2.50. The van der Waals surface area contributed by atoms with Crippen molar-refractivity contribution < 1.29 is 9.18 Å². The quantitative estimate of drug-likeness (QED) is 0.727. The first-order valence-electron chi connectivity index (χ1n) is 8.75. The number of carbonyl (C=O) groups is 1. The van der Waals surface area contributed by atoms with Gasteiger partial charge >= 0.3 is 6.03 Å². The lowest BCUT2D eigenvalue weighted by molar-refractivity contribution is 0.194. The number of halogens is 1. The van der Waals surface area contributed by atoms with Crippen molar-refractivity contribution in [3.05, 3.63) is 78.1 Å². The van der Waals surface area contributed by atoms with E-state index in [1.165, 1.54) is 12.4 Å². The van der Waals surface area contributed by atoms with E-state index in [0.717, 1.165) is 11.3 Å². The monoisotopic (exact) mass is 367 g/mol. The van der Waals surface area contributed by atoms with Gasteiger partial charge in [-0.15, -0.1) is 0 Å². The summed E-state index contributed by atoms with van der Waals surface area (Å²) in [6.45, 7) is 2.34. The normalized spacial score (nSPS) is 11.8. The lowest BCUT2D eigenvalue weighted by atomic mass is 10.1. The Kier molecular flexibility index (Phi) is 5.80. The number of amides is 2. The average Bonchev–Trinajstić information content (AvgIpc) is 3.23. The molecule has 2 aromatic carbocycles. The summed E-state index contributed by atoms with van der Waals surface area (Å²) in [5, 5.41) is 6.93. The van der Waals surface area contributed by atoms with Crippen molar-refractivity contribution in [2.24, 2.45) is 0 Å². The van der Waals surface area contributed by atoms with Crippen molar-refractivity contribution in [1.82, 2.24) is 25.0 Å². The highest BCUT2D eigenvalue weighted by Crippen LogP contribution is 2.20. The summed E-state index contributed by atoms with van der Waals surface area (Å²) in [6, 6.07) is 14.1. The summed E-state index contributed by atoms with van der Waals surface area (Å²) in [7, 11) is 1.74. The summed E-state index contributed by atoms with van der Waals surface area (Å²) in [5.74, 6) is -0.249. The van der Waals surface area contributed by atoms with Gasteiger partial charge in [0, 0.05) is 13.6 Å². The highest BCUT2D eigenvalue weighted by Gasteiger charge is 2.17. The predicted octanol–water partition coefficient (Wildman–Crippen LogP) is 3.35. The zero-order valence-corrected chi connectivity index (χ0v) is 15.3. The first-order chi connectivity index (χ1) is 13.1. The summed E-state index contributed by atoms with van der Waals surface area (Å²) in [6.07, 6.45) is 3.57. The van der Waals surface area contributed by atoms with Gasteiger partial charge in [0.05, 0.1) is 11.7 Å². The molecular formula is C20H22FN5O. The predicted molar refractivity (Wildman–Crippen MR) is 101 cm³/mol. The number of carbonyl (C=O) groups excluding carboxylic acids is 1. The van der Waals surface area contributed by atoms with Crippen molar-refractivity contribution in [3.63, 3.8) is 0 Å². The molecule has 7 heteroatoms. The summed E-state index contributed by atoms with van der Waals surface area (Å²) in [4.78, 5) is 17.9. The Bertz CT molecular complexity index is 880. The van der Waals surface area contributed by atoms with Gasteiger partial charge in [-0.05, 0) is 42.7 Å². The molecule has 0 aliphatic heterocycles. The Morgan fingerprint density at radius 2 is 1.96 bits per heavy atom. The molecule has 0 fully saturated rings. The molecule has 0 aliphatic rings. The van der Waals surface area contributed by atoms with Crippen molar-refractivity contribution in [2.75, 3.05) is 13.6 Å². The van der Waals surface area contributed by atoms with Gasteiger partial charge in [-0.2, -0.15) is 5.10 Å². The van der Waals surface area contributed by atoms with Crippen LogP contribution in [0.1, 0.15) is 24.1 Å². The van der Waals surface area contributed by atoms with Crippen LogP contribution in [0.4, 0.5) is 9.18 Å². The maximum absolute atomic E-state index is 13.6. The minimum Gasteiger partial charge on any atom is -0.338 e. The first-order valence-corrected chi connectivity index (χ1v) is 8.75. The molecule has 27 heavy (non-hydrogen) atoms. The van der Waals surface area contributed by atoms with Gasteiger partial charge < -0.3 is 10.2 Å². The van der Waals surface area contributed by atoms with Crippen molar-refractivity contribution in [1.29, 1.82) is 0 Å². The molecular weight excluding hydrogens is 345 g/mol. The van der Waals surface area contributed by atoms with Gasteiger partial charge in [-0.25, -0.2) is 18.9 Å². The smallest absolute Gasteiger partial charge is 0.317 e. The molecule has 1 N–H and O–H groups in total. The lowest BCUT2D eigenvalue weighted by Crippen LogP contribution is -2.39. The number of rotatable bonds is 6. The van der Waals surface area contributed by atoms with Gasteiger partial charge in [0.15, 0.2) is 0 Å². The van der Waals surface area contributed by atoms with E-state index in [2.05, 4.69) is 15.4 Å². The highest BCUT2D eigenvalue weighted by molar-refractivity contribution is 5.74. The standard InChI is InChI=1S/C20H22FN5O/c1-15(16-7-9-18(10-8-16)26-14-22-13-24-26)25(2)20(27)23-12-11-17-5-3-4-6-19(17)21/h3-10,13-15H,11-12H2,1-2H3,(H,23,27). The number of hydrogen-bond acceptors (Lipinski definition) is 3. The second-order valence-corrected chi connectivity index (χ2v) is 6.29. The fraction of sp³-hybridized carbons (Fsp3) is 0.250. The molecule has 3 aromatic rings. The van der Waals surface area contributed by atoms with Gasteiger partial charge in [0.25, 0.3) is 0 Å². The molecule has 0 saturated carbocycles. The molecule has 1 atom stereocenters. The highest BCUT2D eigenvalue weighted by atomic mass is 19.1. The van der Waals surface area contributed by atoms with Gasteiger partial charge in [-0.1, -0.05) is 30.3 Å². The second kappa shape index (κ2) is 8.44. The number of nitrogens with one attached hydrogen (secondary N) is 1. The van der Waals surface area contributed by atoms with E-state index in [0.29, 0.717) is 18.5 Å². The van der Waals surface area contributed by atoms with E-state index >= 15 is 0 Å². The van der Waals surface area contributed by atoms with Crippen LogP contribution in [0.15, 0.2) is 61.2 Å². The number of benzene rings is 2. The number of hydrogen-bond donors (Lipinski definition) is 1. The number of urea groups is 1. The fourth-order valence-corrected chi connectivity index (χ4v) is 2.78. The van der Waals surface area contributed by atoms with Gasteiger partial charge in [-0.3, -0.25) is 0 Å². The Balaban J connectivity index is 1.55. The fourth-order valence-electron chi connectivity index (χ4n) is 2.78. The SMILES string of the molecule is CC(c1ccc(-n2cncn2)cc1)N(C)C(=O)NCCc1ccccc1F. The Hall–Kier alpha value is -3.22. The van der Waals surface area contributed by atoms with E-state index in [4.69, 9.17) is 0 Å². The lowest BCUT2D eigenvalue weighted by Gasteiger charge is -2.25. The van der Waals surface area contributed by atoms with Crippen LogP contribution in [0.3, 0.4) is 0 Å². The van der Waals surface area contributed by atoms with E-state index < -0.39 is 0 Å². The van der Waals surface area contributed by atoms with Crippen LogP contribution in [-0.2, 0) is 6.42 Å². The Morgan fingerprint density at radius 1 is 1.22 bits per heavy atom. The van der Waals surface area contributed by atoms with E-state index in [-0.39, 0.29) is 17.9 Å². The minimum absolute atomic E-state index is 0.108. The largest absolute Gasteiger partial charge is 0.338 e. The van der Waals surface area contributed by atoms with Crippen molar-refractivity contribution in [2.45, 2.75) is 19.4 Å². The topological polar surface area (TPSA) is 63.1 Å². The molecule has 0 aliphatic carbocycles. The van der Waals surface area contributed by atoms with E-state index in [1.807, 2.05) is 31.2 Å². The summed E-state index contributed by atoms with van der Waals surface area (Å²) >= 11 is 0. The third-order valence-corrected chi connectivity index (χ3v) is 4.59.